The number of urea groups is 1. The van der Waals surface area contributed by atoms with Crippen LogP contribution < -0.4 is 16.4 Å². The molecular weight excluding hydrogens is 464 g/mol. The summed E-state index contributed by atoms with van der Waals surface area (Å²) in [7, 11) is 5.88. The van der Waals surface area contributed by atoms with E-state index >= 15 is 0 Å². The second-order valence-corrected chi connectivity index (χ2v) is 12.4. The van der Waals surface area contributed by atoms with Crippen LogP contribution in [0.3, 0.4) is 0 Å². The minimum Gasteiger partial charge on any atom is -0.369 e. The van der Waals surface area contributed by atoms with E-state index in [4.69, 9.17) is 10.7 Å². The van der Waals surface area contributed by atoms with E-state index in [-0.39, 0.29) is 23.5 Å². The highest BCUT2D eigenvalue weighted by atomic mass is 16.2. The highest BCUT2D eigenvalue weighted by Crippen LogP contribution is 2.40. The van der Waals surface area contributed by atoms with Gasteiger partial charge in [-0.15, -0.1) is 0 Å². The van der Waals surface area contributed by atoms with E-state index in [0.717, 1.165) is 57.1 Å². The Morgan fingerprint density at radius 1 is 1.16 bits per heavy atom. The van der Waals surface area contributed by atoms with Crippen molar-refractivity contribution in [1.29, 1.82) is 0 Å². The fraction of sp³-hybridized carbons (Fsp3) is 0.759. The van der Waals surface area contributed by atoms with Crippen molar-refractivity contribution < 1.29 is 9.59 Å². The molecule has 0 bridgehead atoms. The zero-order chi connectivity index (χ0) is 26.6. The van der Waals surface area contributed by atoms with Crippen molar-refractivity contribution in [3.8, 4) is 0 Å². The first kappa shape index (κ1) is 27.7. The van der Waals surface area contributed by atoms with Gasteiger partial charge in [-0.05, 0) is 77.5 Å². The van der Waals surface area contributed by atoms with Crippen molar-refractivity contribution >= 4 is 17.9 Å². The normalized spacial score (nSPS) is 32.9. The van der Waals surface area contributed by atoms with Crippen LogP contribution in [0.4, 0.5) is 4.79 Å². The van der Waals surface area contributed by atoms with Gasteiger partial charge in [0.25, 0.3) is 5.91 Å². The number of nitrogens with two attached hydrogens (primary N) is 1. The molecule has 8 heteroatoms. The van der Waals surface area contributed by atoms with Crippen LogP contribution in [0.2, 0.25) is 0 Å². The minimum atomic E-state index is -0.734. The zero-order valence-electron chi connectivity index (χ0n) is 23.4. The summed E-state index contributed by atoms with van der Waals surface area (Å²) in [6, 6.07) is -0.0501. The molecule has 206 valence electrons. The van der Waals surface area contributed by atoms with Gasteiger partial charge < -0.3 is 21.3 Å². The van der Waals surface area contributed by atoms with Gasteiger partial charge in [0.15, 0.2) is 5.96 Å². The number of nitrogens with one attached hydrogen (secondary N) is 2. The van der Waals surface area contributed by atoms with Gasteiger partial charge in [0.1, 0.15) is 5.54 Å². The molecule has 4 aliphatic rings. The van der Waals surface area contributed by atoms with Crippen molar-refractivity contribution in [3.05, 3.63) is 23.9 Å². The minimum absolute atomic E-state index is 0.0250. The van der Waals surface area contributed by atoms with Crippen molar-refractivity contribution in [3.63, 3.8) is 0 Å². The van der Waals surface area contributed by atoms with Gasteiger partial charge in [-0.1, -0.05) is 57.1 Å². The monoisotopic (exact) mass is 512 g/mol. The third-order valence-corrected chi connectivity index (χ3v) is 9.45. The van der Waals surface area contributed by atoms with E-state index in [1.165, 1.54) is 32.1 Å². The van der Waals surface area contributed by atoms with E-state index in [1.54, 1.807) is 11.9 Å². The first-order valence-corrected chi connectivity index (χ1v) is 14.4. The summed E-state index contributed by atoms with van der Waals surface area (Å²) in [5.41, 5.74) is 6.23. The van der Waals surface area contributed by atoms with E-state index in [1.807, 2.05) is 6.08 Å². The van der Waals surface area contributed by atoms with Crippen molar-refractivity contribution in [2.75, 3.05) is 21.1 Å². The Labute approximate surface area is 223 Å². The molecular formula is C29H48N6O2. The lowest BCUT2D eigenvalue weighted by Crippen LogP contribution is -2.47. The quantitative estimate of drug-likeness (QED) is 0.451. The van der Waals surface area contributed by atoms with Crippen LogP contribution in [0, 0.1) is 11.8 Å². The van der Waals surface area contributed by atoms with Gasteiger partial charge >= 0.3 is 6.03 Å². The molecule has 0 aromatic rings. The molecule has 0 saturated heterocycles. The SMILES string of the molecule is CN1C(=O)[C@@](CCC2CCCCC2)(C[C@H]2CCC[C@@H](NC(=O)NC3=CCC(C)(N(C)C)C=C3)C2)N=C1N. The Hall–Kier alpha value is -2.35. The van der Waals surface area contributed by atoms with Crippen LogP contribution in [0.1, 0.15) is 90.4 Å². The number of hydrogen-bond acceptors (Lipinski definition) is 5. The van der Waals surface area contributed by atoms with Gasteiger partial charge in [0, 0.05) is 24.3 Å². The Balaban J connectivity index is 1.33. The largest absolute Gasteiger partial charge is 0.369 e. The lowest BCUT2D eigenvalue weighted by Gasteiger charge is -2.36. The Bertz CT molecular complexity index is 937. The number of hydrogen-bond donors (Lipinski definition) is 3. The lowest BCUT2D eigenvalue weighted by atomic mass is 9.74. The Morgan fingerprint density at radius 3 is 2.51 bits per heavy atom. The average molecular weight is 513 g/mol. The molecule has 2 saturated carbocycles. The molecule has 4 atom stereocenters. The molecule has 0 aromatic carbocycles. The van der Waals surface area contributed by atoms with Gasteiger partial charge in [-0.3, -0.25) is 9.69 Å². The van der Waals surface area contributed by atoms with Crippen LogP contribution in [0.5, 0.6) is 0 Å². The first-order chi connectivity index (χ1) is 17.6. The molecule has 4 rings (SSSR count). The van der Waals surface area contributed by atoms with Gasteiger partial charge in [-0.2, -0.15) is 0 Å². The number of amides is 3. The summed E-state index contributed by atoms with van der Waals surface area (Å²) in [5.74, 6) is 1.43. The third-order valence-electron chi connectivity index (χ3n) is 9.45. The molecule has 0 radical (unpaired) electrons. The summed E-state index contributed by atoms with van der Waals surface area (Å²) in [6.07, 6.45) is 20.0. The zero-order valence-corrected chi connectivity index (χ0v) is 23.4. The summed E-state index contributed by atoms with van der Waals surface area (Å²) < 4.78 is 0. The summed E-state index contributed by atoms with van der Waals surface area (Å²) >= 11 is 0. The molecule has 4 N–H and O–H groups in total. The van der Waals surface area contributed by atoms with Crippen molar-refractivity contribution in [2.45, 2.75) is 108 Å². The van der Waals surface area contributed by atoms with Crippen molar-refractivity contribution in [1.82, 2.24) is 20.4 Å². The molecule has 1 heterocycles. The number of rotatable bonds is 8. The lowest BCUT2D eigenvalue weighted by molar-refractivity contribution is -0.131. The molecule has 1 unspecified atom stereocenters. The van der Waals surface area contributed by atoms with Crippen LogP contribution in [-0.2, 0) is 4.79 Å². The van der Waals surface area contributed by atoms with E-state index in [9.17, 15) is 9.59 Å². The van der Waals surface area contributed by atoms with Crippen LogP contribution >= 0.6 is 0 Å². The molecule has 2 fully saturated rings. The number of likely N-dealkylation sites (N-methyl/N-ethyl adjacent to an activating group) is 2. The summed E-state index contributed by atoms with van der Waals surface area (Å²) in [5, 5.41) is 6.22. The van der Waals surface area contributed by atoms with Crippen LogP contribution in [-0.4, -0.2) is 66.0 Å². The molecule has 1 aliphatic heterocycles. The van der Waals surface area contributed by atoms with Gasteiger partial charge in [0.05, 0.1) is 0 Å². The molecule has 3 aliphatic carbocycles. The number of allylic oxidation sites excluding steroid dienone is 1. The maximum atomic E-state index is 13.4. The van der Waals surface area contributed by atoms with Gasteiger partial charge in [0.2, 0.25) is 0 Å². The fourth-order valence-corrected chi connectivity index (χ4v) is 6.66. The average Bonchev–Trinajstić information content (AvgIpc) is 3.08. The van der Waals surface area contributed by atoms with Gasteiger partial charge in [-0.25, -0.2) is 9.79 Å². The Morgan fingerprint density at radius 2 is 1.89 bits per heavy atom. The number of nitrogens with zero attached hydrogens (tertiary/aromatic N) is 3. The van der Waals surface area contributed by atoms with E-state index in [0.29, 0.717) is 17.8 Å². The number of carbonyl (C=O) groups is 2. The highest BCUT2D eigenvalue weighted by Gasteiger charge is 2.48. The third kappa shape index (κ3) is 6.57. The molecule has 37 heavy (non-hydrogen) atoms. The topological polar surface area (TPSA) is 103 Å². The predicted molar refractivity (Wildman–Crippen MR) is 149 cm³/mol. The molecule has 3 amide bonds. The maximum absolute atomic E-state index is 13.4. The summed E-state index contributed by atoms with van der Waals surface area (Å²) in [6.45, 7) is 2.19. The maximum Gasteiger partial charge on any atom is 0.319 e. The van der Waals surface area contributed by atoms with Crippen molar-refractivity contribution in [2.24, 2.45) is 22.6 Å². The number of aliphatic imine (C=N–C) groups is 1. The predicted octanol–water partition coefficient (Wildman–Crippen LogP) is 4.28. The second kappa shape index (κ2) is 11.6. The highest BCUT2D eigenvalue weighted by molar-refractivity contribution is 6.06. The van der Waals surface area contributed by atoms with E-state index in [2.05, 4.69) is 48.7 Å². The first-order valence-electron chi connectivity index (χ1n) is 14.4. The Kier molecular flexibility index (Phi) is 8.66. The fourth-order valence-electron chi connectivity index (χ4n) is 6.66. The van der Waals surface area contributed by atoms with Crippen LogP contribution in [0.25, 0.3) is 0 Å². The molecule has 0 aromatic heterocycles. The number of guanidine groups is 1. The molecule has 8 nitrogen and oxygen atoms in total. The molecule has 0 spiro atoms. The smallest absolute Gasteiger partial charge is 0.319 e. The van der Waals surface area contributed by atoms with Crippen LogP contribution in [0.15, 0.2) is 28.9 Å². The standard InChI is InChI=1S/C29H48N6O2/c1-28(34(2)3)16-14-23(15-17-28)31-27(37)32-24-12-8-11-22(19-24)20-29(25(36)35(4)26(30)33-29)18-13-21-9-6-5-7-10-21/h14-16,21-22,24H,5-13,17-20H2,1-4H3,(H2,30,33)(H2,31,32,37)/t22-,24+,28?,29+/m0/s1. The second-order valence-electron chi connectivity index (χ2n) is 12.4. The summed E-state index contributed by atoms with van der Waals surface area (Å²) in [4.78, 5) is 34.7. The van der Waals surface area contributed by atoms with E-state index < -0.39 is 5.54 Å². The number of carbonyl (C=O) groups excluding carboxylic acids is 2.